The van der Waals surface area contributed by atoms with Gasteiger partial charge in [-0.3, -0.25) is 9.78 Å². The van der Waals surface area contributed by atoms with Gasteiger partial charge < -0.3 is 9.73 Å². The van der Waals surface area contributed by atoms with E-state index < -0.39 is 0 Å². The van der Waals surface area contributed by atoms with Gasteiger partial charge in [0.05, 0.1) is 17.4 Å². The van der Waals surface area contributed by atoms with Crippen molar-refractivity contribution in [2.45, 2.75) is 33.7 Å². The van der Waals surface area contributed by atoms with Crippen LogP contribution in [0.1, 0.15) is 46.5 Å². The summed E-state index contributed by atoms with van der Waals surface area (Å²) in [4.78, 5) is 20.5. The number of aryl methyl sites for hydroxylation is 3. The van der Waals surface area contributed by atoms with Gasteiger partial charge in [-0.25, -0.2) is 4.98 Å². The number of oxazole rings is 1. The van der Waals surface area contributed by atoms with Crippen LogP contribution >= 0.6 is 0 Å². The summed E-state index contributed by atoms with van der Waals surface area (Å²) in [5, 5.41) is 2.86. The predicted octanol–water partition coefficient (Wildman–Crippen LogP) is 2.49. The lowest BCUT2D eigenvalue weighted by atomic mass is 10.2. The average molecular weight is 259 g/mol. The van der Waals surface area contributed by atoms with Gasteiger partial charge >= 0.3 is 0 Å². The molecular weight excluding hydrogens is 242 g/mol. The highest BCUT2D eigenvalue weighted by Crippen LogP contribution is 2.13. The van der Waals surface area contributed by atoms with Crippen LogP contribution in [0.2, 0.25) is 0 Å². The van der Waals surface area contributed by atoms with Gasteiger partial charge in [-0.15, -0.1) is 0 Å². The predicted molar refractivity (Wildman–Crippen MR) is 70.8 cm³/mol. The number of nitrogens with zero attached hydrogens (tertiary/aromatic N) is 2. The minimum atomic E-state index is -0.270. The van der Waals surface area contributed by atoms with E-state index in [4.69, 9.17) is 4.42 Å². The van der Waals surface area contributed by atoms with Crippen molar-refractivity contribution < 1.29 is 9.21 Å². The summed E-state index contributed by atoms with van der Waals surface area (Å²) in [6, 6.07) is 5.54. The van der Waals surface area contributed by atoms with Gasteiger partial charge in [-0.05, 0) is 32.9 Å². The highest BCUT2D eigenvalue weighted by atomic mass is 16.4. The van der Waals surface area contributed by atoms with Crippen molar-refractivity contribution in [1.82, 2.24) is 15.3 Å². The molecule has 0 saturated carbocycles. The molecule has 0 aliphatic carbocycles. The molecule has 0 spiro atoms. The molecule has 2 rings (SSSR count). The van der Waals surface area contributed by atoms with Crippen LogP contribution in [0.15, 0.2) is 22.6 Å². The quantitative estimate of drug-likeness (QED) is 0.919. The number of hydrogen-bond acceptors (Lipinski definition) is 4. The Balaban J connectivity index is 2.13. The van der Waals surface area contributed by atoms with E-state index >= 15 is 0 Å². The SMILES string of the molecule is Cc1cccc([C@@H](C)NC(=O)c2oc(C)nc2C)n1. The molecule has 1 atom stereocenters. The van der Waals surface area contributed by atoms with Crippen molar-refractivity contribution in [2.24, 2.45) is 0 Å². The van der Waals surface area contributed by atoms with Crippen molar-refractivity contribution in [3.05, 3.63) is 46.9 Å². The minimum Gasteiger partial charge on any atom is -0.436 e. The fourth-order valence-corrected chi connectivity index (χ4v) is 1.88. The second-order valence-corrected chi connectivity index (χ2v) is 4.55. The molecule has 0 aliphatic heterocycles. The molecule has 0 aliphatic rings. The number of carbonyl (C=O) groups excluding carboxylic acids is 1. The minimum absolute atomic E-state index is 0.183. The smallest absolute Gasteiger partial charge is 0.289 e. The number of pyridine rings is 1. The molecule has 100 valence electrons. The highest BCUT2D eigenvalue weighted by molar-refractivity contribution is 5.92. The van der Waals surface area contributed by atoms with Crippen molar-refractivity contribution in [3.8, 4) is 0 Å². The van der Waals surface area contributed by atoms with Crippen LogP contribution in [0.5, 0.6) is 0 Å². The zero-order valence-corrected chi connectivity index (χ0v) is 11.5. The fraction of sp³-hybridized carbons (Fsp3) is 0.357. The molecule has 0 saturated heterocycles. The van der Waals surface area contributed by atoms with E-state index in [2.05, 4.69) is 15.3 Å². The number of rotatable bonds is 3. The first-order valence-corrected chi connectivity index (χ1v) is 6.16. The maximum atomic E-state index is 12.1. The molecule has 2 aromatic heterocycles. The summed E-state index contributed by atoms with van der Waals surface area (Å²) in [7, 11) is 0. The summed E-state index contributed by atoms with van der Waals surface area (Å²) in [5.41, 5.74) is 2.34. The van der Waals surface area contributed by atoms with E-state index in [1.165, 1.54) is 0 Å². The van der Waals surface area contributed by atoms with E-state index in [0.29, 0.717) is 11.6 Å². The molecular formula is C14H17N3O2. The van der Waals surface area contributed by atoms with Crippen LogP contribution in [0.25, 0.3) is 0 Å². The van der Waals surface area contributed by atoms with Gasteiger partial charge in [0, 0.05) is 12.6 Å². The normalized spacial score (nSPS) is 12.2. The number of hydrogen-bond donors (Lipinski definition) is 1. The van der Waals surface area contributed by atoms with E-state index in [1.807, 2.05) is 32.0 Å². The zero-order valence-electron chi connectivity index (χ0n) is 11.5. The third kappa shape index (κ3) is 2.99. The monoisotopic (exact) mass is 259 g/mol. The lowest BCUT2D eigenvalue weighted by molar-refractivity contribution is 0.0909. The maximum Gasteiger partial charge on any atom is 0.289 e. The largest absolute Gasteiger partial charge is 0.436 e. The van der Waals surface area contributed by atoms with Crippen molar-refractivity contribution in [1.29, 1.82) is 0 Å². The lowest BCUT2D eigenvalue weighted by Gasteiger charge is -2.12. The van der Waals surface area contributed by atoms with Crippen molar-refractivity contribution >= 4 is 5.91 Å². The first-order valence-electron chi connectivity index (χ1n) is 6.16. The Kier molecular flexibility index (Phi) is 3.64. The maximum absolute atomic E-state index is 12.1. The van der Waals surface area contributed by atoms with Crippen LogP contribution in [-0.4, -0.2) is 15.9 Å². The third-order valence-electron chi connectivity index (χ3n) is 2.81. The van der Waals surface area contributed by atoms with Gasteiger partial charge in [0.2, 0.25) is 5.76 Å². The molecule has 2 aromatic rings. The molecule has 19 heavy (non-hydrogen) atoms. The first-order chi connectivity index (χ1) is 8.97. The molecule has 5 nitrogen and oxygen atoms in total. The molecule has 1 amide bonds. The summed E-state index contributed by atoms with van der Waals surface area (Å²) in [6.07, 6.45) is 0. The molecule has 1 N–H and O–H groups in total. The Morgan fingerprint density at radius 1 is 1.26 bits per heavy atom. The number of aromatic nitrogens is 2. The van der Waals surface area contributed by atoms with Gasteiger partial charge in [-0.1, -0.05) is 6.07 Å². The molecule has 0 unspecified atom stereocenters. The molecule has 0 fully saturated rings. The van der Waals surface area contributed by atoms with Crippen LogP contribution < -0.4 is 5.32 Å². The second-order valence-electron chi connectivity index (χ2n) is 4.55. The number of carbonyl (C=O) groups is 1. The van der Waals surface area contributed by atoms with Crippen LogP contribution in [0.4, 0.5) is 0 Å². The Morgan fingerprint density at radius 2 is 2.00 bits per heavy atom. The summed E-state index contributed by atoms with van der Waals surface area (Å²) < 4.78 is 5.29. The van der Waals surface area contributed by atoms with E-state index in [9.17, 15) is 4.79 Å². The van der Waals surface area contributed by atoms with Crippen molar-refractivity contribution in [3.63, 3.8) is 0 Å². The van der Waals surface area contributed by atoms with Gasteiger partial charge in [0.15, 0.2) is 5.89 Å². The van der Waals surface area contributed by atoms with E-state index in [-0.39, 0.29) is 17.7 Å². The van der Waals surface area contributed by atoms with Crippen LogP contribution in [0.3, 0.4) is 0 Å². The fourth-order valence-electron chi connectivity index (χ4n) is 1.88. The standard InChI is InChI=1S/C14H17N3O2/c1-8-6-5-7-12(15-8)9(2)17-14(18)13-10(3)16-11(4)19-13/h5-7,9H,1-4H3,(H,17,18)/t9-/m1/s1. The van der Waals surface area contributed by atoms with E-state index in [1.54, 1.807) is 13.8 Å². The molecule has 0 aromatic carbocycles. The van der Waals surface area contributed by atoms with Gasteiger partial charge in [-0.2, -0.15) is 0 Å². The number of nitrogens with one attached hydrogen (secondary N) is 1. The second kappa shape index (κ2) is 5.22. The Labute approximate surface area is 112 Å². The van der Waals surface area contributed by atoms with Crippen LogP contribution in [-0.2, 0) is 0 Å². The summed E-state index contributed by atoms with van der Waals surface area (Å²) in [6.45, 7) is 7.27. The van der Waals surface area contributed by atoms with Gasteiger partial charge in [0.1, 0.15) is 0 Å². The average Bonchev–Trinajstić information content (AvgIpc) is 2.68. The highest BCUT2D eigenvalue weighted by Gasteiger charge is 2.18. The topological polar surface area (TPSA) is 68.0 Å². The molecule has 5 heteroatoms. The summed E-state index contributed by atoms with van der Waals surface area (Å²) in [5.74, 6) is 0.481. The Bertz CT molecular complexity index is 604. The lowest BCUT2D eigenvalue weighted by Crippen LogP contribution is -2.27. The molecule has 0 radical (unpaired) electrons. The van der Waals surface area contributed by atoms with E-state index in [0.717, 1.165) is 11.4 Å². The van der Waals surface area contributed by atoms with Crippen LogP contribution in [0, 0.1) is 20.8 Å². The van der Waals surface area contributed by atoms with Gasteiger partial charge in [0.25, 0.3) is 5.91 Å². The Morgan fingerprint density at radius 3 is 2.58 bits per heavy atom. The first kappa shape index (κ1) is 13.3. The summed E-state index contributed by atoms with van der Waals surface area (Å²) >= 11 is 0. The molecule has 0 bridgehead atoms. The number of amides is 1. The zero-order chi connectivity index (χ0) is 14.0. The Hall–Kier alpha value is -2.17. The third-order valence-corrected chi connectivity index (χ3v) is 2.81. The molecule has 2 heterocycles. The van der Waals surface area contributed by atoms with Crippen molar-refractivity contribution in [2.75, 3.05) is 0 Å².